The van der Waals surface area contributed by atoms with Gasteiger partial charge in [0.05, 0.1) is 33.5 Å². The number of amides is 3. The number of H-pyrrole nitrogens is 2. The van der Waals surface area contributed by atoms with E-state index in [1.54, 1.807) is 6.92 Å². The van der Waals surface area contributed by atoms with Gasteiger partial charge in [0.25, 0.3) is 11.8 Å². The van der Waals surface area contributed by atoms with E-state index in [-0.39, 0.29) is 23.8 Å². The summed E-state index contributed by atoms with van der Waals surface area (Å²) in [6.07, 6.45) is 3.58. The molecule has 6 aromatic rings. The van der Waals surface area contributed by atoms with Crippen LogP contribution in [0.25, 0.3) is 44.6 Å². The van der Waals surface area contributed by atoms with E-state index < -0.39 is 11.9 Å². The van der Waals surface area contributed by atoms with Crippen LogP contribution in [0, 0.1) is 13.8 Å². The molecule has 2 aromatic carbocycles. The molecule has 0 saturated carbocycles. The fourth-order valence-corrected chi connectivity index (χ4v) is 8.45. The molecule has 18 heteroatoms. The fraction of sp³-hybridized carbons (Fsp3) is 0.370. The van der Waals surface area contributed by atoms with Crippen molar-refractivity contribution in [3.05, 3.63) is 82.4 Å². The van der Waals surface area contributed by atoms with Gasteiger partial charge >= 0.3 is 11.9 Å². The molecule has 0 spiro atoms. The zero-order chi connectivity index (χ0) is 45.1. The molecule has 3 amide bonds. The molecule has 0 radical (unpaired) electrons. The normalized spacial score (nSPS) is 17.5. The second-order valence-electron chi connectivity index (χ2n) is 16.3. The third-order valence-corrected chi connectivity index (χ3v) is 11.6. The van der Waals surface area contributed by atoms with Crippen molar-refractivity contribution in [2.24, 2.45) is 0 Å². The van der Waals surface area contributed by atoms with Gasteiger partial charge in [0.2, 0.25) is 5.91 Å². The third kappa shape index (κ3) is 9.56. The van der Waals surface area contributed by atoms with E-state index in [9.17, 15) is 24.0 Å². The highest BCUT2D eigenvalue weighted by Gasteiger charge is 2.27. The largest absolute Gasteiger partial charge is 0.394 e. The molecule has 18 nitrogen and oxygen atoms in total. The van der Waals surface area contributed by atoms with Crippen LogP contribution in [0.3, 0.4) is 0 Å². The number of nitrogens with one attached hydrogen (secondary N) is 7. The first-order valence-corrected chi connectivity index (χ1v) is 21.5. The average molecular weight is 869 g/mol. The van der Waals surface area contributed by atoms with Crippen LogP contribution in [0.5, 0.6) is 0 Å². The summed E-state index contributed by atoms with van der Waals surface area (Å²) < 4.78 is 3.97. The lowest BCUT2D eigenvalue weighted by Gasteiger charge is -2.17. The lowest BCUT2D eigenvalue weighted by atomic mass is 10.1. The number of likely N-dealkylation sites (tertiary alicyclic amines) is 1. The number of carbonyl (C=O) groups is 5. The summed E-state index contributed by atoms with van der Waals surface area (Å²) in [6, 6.07) is 16.3. The van der Waals surface area contributed by atoms with Crippen molar-refractivity contribution in [2.45, 2.75) is 72.4 Å². The lowest BCUT2D eigenvalue weighted by molar-refractivity contribution is -0.156. The standard InChI is InChI=1S/C22H24N6O2.C20H22N6O.C4H6O3/c1-12-21(25-14-7-9-28(11-14)13(2)29)27-20-15(4-3-5-18(20)24-12)19-10-16-17(26-19)6-8-23-22(16)30;1-11-19(24-12-5-7-21-10-12)26-18-13(3-2-4-16(18)23-11)17-9-14-15(25-17)6-8-22-20(14)27;1-3(5)7-4(2)6/h3-5,10,14,26H,6-9,11H2,1-2H3,(H,23,30)(H,25,27);2-4,9,12,21,25H,5-8,10H2,1H3,(H,22,27)(H,24,26);1-2H3/t14-;12-;/m00./s1. The Morgan fingerprint density at radius 3 is 1.61 bits per heavy atom. The van der Waals surface area contributed by atoms with E-state index in [4.69, 9.17) is 19.9 Å². The van der Waals surface area contributed by atoms with Crippen molar-refractivity contribution < 1.29 is 28.7 Å². The van der Waals surface area contributed by atoms with Gasteiger partial charge in [0, 0.05) is 112 Å². The number of anilines is 2. The monoisotopic (exact) mass is 868 g/mol. The molecule has 7 N–H and O–H groups in total. The first-order chi connectivity index (χ1) is 30.8. The van der Waals surface area contributed by atoms with Crippen LogP contribution in [0.2, 0.25) is 0 Å². The first-order valence-electron chi connectivity index (χ1n) is 21.5. The number of para-hydroxylation sites is 2. The molecule has 332 valence electrons. The molecule has 10 rings (SSSR count). The number of rotatable bonds is 6. The van der Waals surface area contributed by atoms with Gasteiger partial charge in [-0.3, -0.25) is 24.0 Å². The summed E-state index contributed by atoms with van der Waals surface area (Å²) in [5, 5.41) is 16.1. The summed E-state index contributed by atoms with van der Waals surface area (Å²) in [7, 11) is 0. The van der Waals surface area contributed by atoms with Gasteiger partial charge in [0.15, 0.2) is 0 Å². The summed E-state index contributed by atoms with van der Waals surface area (Å²) in [4.78, 5) is 83.6. The highest BCUT2D eigenvalue weighted by Crippen LogP contribution is 2.32. The second-order valence-corrected chi connectivity index (χ2v) is 16.3. The van der Waals surface area contributed by atoms with E-state index in [2.05, 4.69) is 41.3 Å². The SMILES string of the molecule is CC(=O)N1CC[C@H](Nc2nc3c(-c4cc5c([nH]4)CCNC5=O)cccc3nc2C)C1.CC(=O)OC(C)=O.Cc1nc2cccc(-c3cc4c([nH]3)CCNC4=O)c2nc1N[C@H]1CCNC1. The van der Waals surface area contributed by atoms with E-state index in [0.717, 1.165) is 130 Å². The minimum Gasteiger partial charge on any atom is -0.394 e. The van der Waals surface area contributed by atoms with Crippen LogP contribution in [0.4, 0.5) is 11.6 Å². The smallest absolute Gasteiger partial charge is 0.310 e. The van der Waals surface area contributed by atoms with Crippen molar-refractivity contribution in [3.8, 4) is 22.5 Å². The quantitative estimate of drug-likeness (QED) is 0.0912. The summed E-state index contributed by atoms with van der Waals surface area (Å²) in [6.45, 7) is 12.6. The number of nitrogens with zero attached hydrogens (tertiary/aromatic N) is 5. The van der Waals surface area contributed by atoms with Gasteiger partial charge in [-0.2, -0.15) is 0 Å². The summed E-state index contributed by atoms with van der Waals surface area (Å²) in [5.41, 5.74) is 12.1. The molecule has 4 aliphatic rings. The Balaban J connectivity index is 0.000000153. The van der Waals surface area contributed by atoms with Crippen molar-refractivity contribution in [1.29, 1.82) is 0 Å². The second kappa shape index (κ2) is 18.6. The molecule has 4 aromatic heterocycles. The number of esters is 2. The number of hydrogen-bond donors (Lipinski definition) is 7. The van der Waals surface area contributed by atoms with Crippen LogP contribution in [-0.2, 0) is 32.0 Å². The van der Waals surface area contributed by atoms with Gasteiger partial charge < -0.3 is 46.2 Å². The van der Waals surface area contributed by atoms with E-state index >= 15 is 0 Å². The number of aromatic nitrogens is 6. The number of fused-ring (bicyclic) bond motifs is 4. The number of ether oxygens (including phenoxy) is 1. The number of benzene rings is 2. The van der Waals surface area contributed by atoms with Crippen molar-refractivity contribution in [1.82, 2.24) is 50.8 Å². The molecule has 0 unspecified atom stereocenters. The van der Waals surface area contributed by atoms with Crippen LogP contribution in [0.15, 0.2) is 48.5 Å². The van der Waals surface area contributed by atoms with Gasteiger partial charge in [-0.15, -0.1) is 0 Å². The maximum Gasteiger partial charge on any atom is 0.310 e. The van der Waals surface area contributed by atoms with Crippen LogP contribution in [0.1, 0.15) is 77.1 Å². The Kier molecular flexibility index (Phi) is 12.7. The van der Waals surface area contributed by atoms with Crippen LogP contribution >= 0.6 is 0 Å². The zero-order valence-corrected chi connectivity index (χ0v) is 36.5. The molecule has 0 bridgehead atoms. The first kappa shape index (κ1) is 43.4. The molecule has 4 aliphatic heterocycles. The molecule has 0 aliphatic carbocycles. The van der Waals surface area contributed by atoms with Crippen LogP contribution in [-0.4, -0.2) is 116 Å². The summed E-state index contributed by atoms with van der Waals surface area (Å²) in [5.74, 6) is 0.483. The molecule has 64 heavy (non-hydrogen) atoms. The average Bonchev–Trinajstić information content (AvgIpc) is 4.09. The number of carbonyl (C=O) groups excluding carboxylic acids is 5. The topological polar surface area (TPSA) is 241 Å². The fourth-order valence-electron chi connectivity index (χ4n) is 8.45. The maximum atomic E-state index is 12.2. The van der Waals surface area contributed by atoms with Gasteiger partial charge in [0.1, 0.15) is 22.7 Å². The maximum absolute atomic E-state index is 12.2. The number of aryl methyl sites for hydroxylation is 2. The predicted octanol–water partition coefficient (Wildman–Crippen LogP) is 4.34. The summed E-state index contributed by atoms with van der Waals surface area (Å²) >= 11 is 0. The minimum atomic E-state index is -0.562. The zero-order valence-electron chi connectivity index (χ0n) is 36.5. The van der Waals surface area contributed by atoms with Crippen molar-refractivity contribution >= 4 is 63.4 Å². The van der Waals surface area contributed by atoms with Gasteiger partial charge in [-0.05, 0) is 57.5 Å². The lowest BCUT2D eigenvalue weighted by Crippen LogP contribution is -2.31. The Morgan fingerprint density at radius 2 is 1.19 bits per heavy atom. The minimum absolute atomic E-state index is 0.0167. The predicted molar refractivity (Wildman–Crippen MR) is 242 cm³/mol. The Labute approximate surface area is 369 Å². The Bertz CT molecular complexity index is 2780. The van der Waals surface area contributed by atoms with Gasteiger partial charge in [-0.1, -0.05) is 24.3 Å². The molecule has 2 fully saturated rings. The third-order valence-electron chi connectivity index (χ3n) is 11.6. The number of hydrogen-bond acceptors (Lipinski definition) is 13. The molecular formula is C46H52N12O6. The number of aromatic amines is 2. The van der Waals surface area contributed by atoms with Crippen molar-refractivity contribution in [2.75, 3.05) is 49.9 Å². The van der Waals surface area contributed by atoms with Crippen molar-refractivity contribution in [3.63, 3.8) is 0 Å². The van der Waals surface area contributed by atoms with E-state index in [1.807, 2.05) is 67.3 Å². The van der Waals surface area contributed by atoms with Crippen LogP contribution < -0.4 is 26.6 Å². The molecule has 2 atom stereocenters. The van der Waals surface area contributed by atoms with E-state index in [0.29, 0.717) is 31.2 Å². The highest BCUT2D eigenvalue weighted by atomic mass is 16.6. The Hall–Kier alpha value is -7.21. The molecular weight excluding hydrogens is 817 g/mol. The Morgan fingerprint density at radius 1 is 0.672 bits per heavy atom. The van der Waals surface area contributed by atoms with Gasteiger partial charge in [-0.25, -0.2) is 19.9 Å². The highest BCUT2D eigenvalue weighted by molar-refractivity contribution is 6.01. The molecule has 8 heterocycles. The molecule has 2 saturated heterocycles. The van der Waals surface area contributed by atoms with E-state index in [1.165, 1.54) is 13.8 Å².